The van der Waals surface area contributed by atoms with E-state index in [-0.39, 0.29) is 5.91 Å². The lowest BCUT2D eigenvalue weighted by Crippen LogP contribution is -2.46. The van der Waals surface area contributed by atoms with Gasteiger partial charge in [0.1, 0.15) is 0 Å². The van der Waals surface area contributed by atoms with E-state index in [0.29, 0.717) is 11.6 Å². The minimum Gasteiger partial charge on any atom is -0.335 e. The molecular formula is C12H21N5O. The number of carbonyl (C=O) groups is 1. The Morgan fingerprint density at radius 3 is 2.83 bits per heavy atom. The average Bonchev–Trinajstić information content (AvgIpc) is 2.85. The number of carbonyl (C=O) groups excluding carboxylic acids is 1. The van der Waals surface area contributed by atoms with Crippen molar-refractivity contribution in [2.24, 2.45) is 5.92 Å². The summed E-state index contributed by atoms with van der Waals surface area (Å²) in [4.78, 5) is 14.0. The zero-order valence-electron chi connectivity index (χ0n) is 11.1. The maximum absolute atomic E-state index is 12.1. The molecule has 1 N–H and O–H groups in total. The molecule has 2 rings (SSSR count). The van der Waals surface area contributed by atoms with Gasteiger partial charge in [-0.3, -0.25) is 9.48 Å². The van der Waals surface area contributed by atoms with Gasteiger partial charge in [0.05, 0.1) is 6.20 Å². The first-order chi connectivity index (χ1) is 8.66. The van der Waals surface area contributed by atoms with Crippen LogP contribution in [-0.2, 0) is 6.54 Å². The highest BCUT2D eigenvalue weighted by Crippen LogP contribution is 2.05. The van der Waals surface area contributed by atoms with Gasteiger partial charge in [0.2, 0.25) is 0 Å². The smallest absolute Gasteiger partial charge is 0.276 e. The molecule has 0 atom stereocenters. The number of rotatable bonds is 4. The summed E-state index contributed by atoms with van der Waals surface area (Å²) in [6.07, 6.45) is 2.80. The Morgan fingerprint density at radius 1 is 1.44 bits per heavy atom. The molecule has 0 aromatic carbocycles. The largest absolute Gasteiger partial charge is 0.335 e. The normalized spacial score (nSPS) is 16.3. The van der Waals surface area contributed by atoms with Crippen LogP contribution in [0.5, 0.6) is 0 Å². The van der Waals surface area contributed by atoms with Crippen molar-refractivity contribution >= 4 is 5.91 Å². The summed E-state index contributed by atoms with van der Waals surface area (Å²) in [5.41, 5.74) is 0.459. The van der Waals surface area contributed by atoms with Gasteiger partial charge in [0, 0.05) is 32.7 Å². The molecule has 1 aromatic rings. The Balaban J connectivity index is 1.94. The van der Waals surface area contributed by atoms with E-state index in [9.17, 15) is 4.79 Å². The second-order valence-electron chi connectivity index (χ2n) is 5.09. The van der Waals surface area contributed by atoms with E-state index in [1.54, 1.807) is 10.9 Å². The number of amides is 1. The maximum atomic E-state index is 12.1. The Hall–Kier alpha value is -1.43. The van der Waals surface area contributed by atoms with Crippen LogP contribution in [0.3, 0.4) is 0 Å². The van der Waals surface area contributed by atoms with E-state index >= 15 is 0 Å². The van der Waals surface area contributed by atoms with Gasteiger partial charge < -0.3 is 10.2 Å². The van der Waals surface area contributed by atoms with Crippen molar-refractivity contribution < 1.29 is 4.79 Å². The van der Waals surface area contributed by atoms with Crippen LogP contribution < -0.4 is 5.32 Å². The van der Waals surface area contributed by atoms with Gasteiger partial charge in [-0.25, -0.2) is 0 Å². The van der Waals surface area contributed by atoms with Gasteiger partial charge >= 0.3 is 0 Å². The van der Waals surface area contributed by atoms with E-state index in [1.165, 1.54) is 0 Å². The highest BCUT2D eigenvalue weighted by molar-refractivity contribution is 5.92. The summed E-state index contributed by atoms with van der Waals surface area (Å²) in [6.45, 7) is 8.36. The Bertz CT molecular complexity index is 395. The molecule has 18 heavy (non-hydrogen) atoms. The van der Waals surface area contributed by atoms with Crippen LogP contribution in [0.2, 0.25) is 0 Å². The number of hydrogen-bond donors (Lipinski definition) is 1. The van der Waals surface area contributed by atoms with Crippen LogP contribution >= 0.6 is 0 Å². The molecular weight excluding hydrogens is 230 g/mol. The molecule has 6 heteroatoms. The molecule has 0 radical (unpaired) electrons. The van der Waals surface area contributed by atoms with Crippen molar-refractivity contribution in [2.75, 3.05) is 26.2 Å². The fourth-order valence-electron chi connectivity index (χ4n) is 1.93. The minimum absolute atomic E-state index is 0.00713. The van der Waals surface area contributed by atoms with Crippen molar-refractivity contribution in [2.45, 2.75) is 26.8 Å². The standard InChI is InChI=1S/C12H21N5O/c1-10(2)3-6-17-9-11(14-15-17)12(18)16-7-4-13-5-8-16/h9-10,13H,3-8H2,1-2H3. The molecule has 1 aromatic heterocycles. The van der Waals surface area contributed by atoms with E-state index in [0.717, 1.165) is 39.1 Å². The lowest BCUT2D eigenvalue weighted by molar-refractivity contribution is 0.0729. The summed E-state index contributed by atoms with van der Waals surface area (Å²) in [6, 6.07) is 0. The summed E-state index contributed by atoms with van der Waals surface area (Å²) in [5, 5.41) is 11.2. The topological polar surface area (TPSA) is 63.1 Å². The van der Waals surface area contributed by atoms with Gasteiger partial charge in [0.15, 0.2) is 5.69 Å². The van der Waals surface area contributed by atoms with E-state index in [4.69, 9.17) is 0 Å². The summed E-state index contributed by atoms with van der Waals surface area (Å²) in [5.74, 6) is 0.619. The van der Waals surface area contributed by atoms with E-state index < -0.39 is 0 Å². The van der Waals surface area contributed by atoms with Crippen molar-refractivity contribution in [3.05, 3.63) is 11.9 Å². The lowest BCUT2D eigenvalue weighted by Gasteiger charge is -2.26. The molecule has 1 amide bonds. The fourth-order valence-corrected chi connectivity index (χ4v) is 1.93. The highest BCUT2D eigenvalue weighted by Gasteiger charge is 2.20. The molecule has 1 aliphatic rings. The fraction of sp³-hybridized carbons (Fsp3) is 0.750. The number of aryl methyl sites for hydroxylation is 1. The second-order valence-corrected chi connectivity index (χ2v) is 5.09. The predicted octanol–water partition coefficient (Wildman–Crippen LogP) is 0.370. The molecule has 0 spiro atoms. The summed E-state index contributed by atoms with van der Waals surface area (Å²) in [7, 11) is 0. The van der Waals surface area contributed by atoms with Gasteiger partial charge in [-0.2, -0.15) is 0 Å². The van der Waals surface area contributed by atoms with Crippen molar-refractivity contribution in [3.8, 4) is 0 Å². The molecule has 0 unspecified atom stereocenters. The molecule has 1 saturated heterocycles. The second kappa shape index (κ2) is 5.95. The molecule has 1 aliphatic heterocycles. The third-order valence-corrected chi connectivity index (χ3v) is 3.10. The molecule has 0 aliphatic carbocycles. The minimum atomic E-state index is -0.00713. The highest BCUT2D eigenvalue weighted by atomic mass is 16.2. The molecule has 100 valence electrons. The predicted molar refractivity (Wildman–Crippen MR) is 68.3 cm³/mol. The average molecular weight is 251 g/mol. The van der Waals surface area contributed by atoms with Gasteiger partial charge in [-0.1, -0.05) is 19.1 Å². The maximum Gasteiger partial charge on any atom is 0.276 e. The van der Waals surface area contributed by atoms with Crippen molar-refractivity contribution in [1.82, 2.24) is 25.2 Å². The van der Waals surface area contributed by atoms with Crippen LogP contribution in [0.1, 0.15) is 30.8 Å². The first kappa shape index (κ1) is 13.0. The molecule has 2 heterocycles. The molecule has 0 saturated carbocycles. The van der Waals surface area contributed by atoms with Crippen LogP contribution in [0.4, 0.5) is 0 Å². The number of aromatic nitrogens is 3. The Kier molecular flexibility index (Phi) is 4.30. The van der Waals surface area contributed by atoms with Crippen LogP contribution in [0.25, 0.3) is 0 Å². The molecule has 1 fully saturated rings. The van der Waals surface area contributed by atoms with Crippen molar-refractivity contribution in [3.63, 3.8) is 0 Å². The third-order valence-electron chi connectivity index (χ3n) is 3.10. The summed E-state index contributed by atoms with van der Waals surface area (Å²) >= 11 is 0. The lowest BCUT2D eigenvalue weighted by atomic mass is 10.1. The number of piperazine rings is 1. The summed E-state index contributed by atoms with van der Waals surface area (Å²) < 4.78 is 1.76. The van der Waals surface area contributed by atoms with Crippen LogP contribution in [0, 0.1) is 5.92 Å². The van der Waals surface area contributed by atoms with Crippen LogP contribution in [0.15, 0.2) is 6.20 Å². The van der Waals surface area contributed by atoms with E-state index in [2.05, 4.69) is 29.5 Å². The van der Waals surface area contributed by atoms with E-state index in [1.807, 2.05) is 4.90 Å². The number of hydrogen-bond acceptors (Lipinski definition) is 4. The Morgan fingerprint density at radius 2 is 2.17 bits per heavy atom. The number of nitrogens with zero attached hydrogens (tertiary/aromatic N) is 4. The monoisotopic (exact) mass is 251 g/mol. The van der Waals surface area contributed by atoms with Gasteiger partial charge in [-0.15, -0.1) is 5.10 Å². The zero-order chi connectivity index (χ0) is 13.0. The number of nitrogens with one attached hydrogen (secondary N) is 1. The quantitative estimate of drug-likeness (QED) is 0.840. The molecule has 6 nitrogen and oxygen atoms in total. The van der Waals surface area contributed by atoms with Gasteiger partial charge in [0.25, 0.3) is 5.91 Å². The molecule has 0 bridgehead atoms. The van der Waals surface area contributed by atoms with Gasteiger partial charge in [-0.05, 0) is 12.3 Å². The zero-order valence-corrected chi connectivity index (χ0v) is 11.1. The Labute approximate surface area is 107 Å². The first-order valence-electron chi connectivity index (χ1n) is 6.57. The first-order valence-corrected chi connectivity index (χ1v) is 6.57. The SMILES string of the molecule is CC(C)CCn1cc(C(=O)N2CCNCC2)nn1. The third kappa shape index (κ3) is 3.29. The van der Waals surface area contributed by atoms with Crippen LogP contribution in [-0.4, -0.2) is 52.0 Å². The van der Waals surface area contributed by atoms with Crippen molar-refractivity contribution in [1.29, 1.82) is 0 Å².